The Morgan fingerprint density at radius 1 is 1.36 bits per heavy atom. The number of hydrogen-bond acceptors (Lipinski definition) is 6. The lowest BCUT2D eigenvalue weighted by molar-refractivity contribution is -0.150. The van der Waals surface area contributed by atoms with Gasteiger partial charge >= 0.3 is 5.97 Å². The highest BCUT2D eigenvalue weighted by molar-refractivity contribution is 7.89. The van der Waals surface area contributed by atoms with E-state index in [4.69, 9.17) is 9.26 Å². The molecule has 134 valence electrons. The number of benzene rings is 1. The van der Waals surface area contributed by atoms with Crippen molar-refractivity contribution in [1.82, 2.24) is 9.46 Å². The van der Waals surface area contributed by atoms with Gasteiger partial charge in [0.05, 0.1) is 11.4 Å². The summed E-state index contributed by atoms with van der Waals surface area (Å²) in [5, 5.41) is 3.73. The highest BCUT2D eigenvalue weighted by atomic mass is 32.2. The first-order valence-electron chi connectivity index (χ1n) is 8.06. The van der Waals surface area contributed by atoms with Crippen molar-refractivity contribution in [3.8, 4) is 0 Å². The quantitative estimate of drug-likeness (QED) is 0.752. The molecule has 1 aliphatic rings. The molecule has 1 aromatic carbocycles. The highest BCUT2D eigenvalue weighted by Gasteiger charge is 2.39. The van der Waals surface area contributed by atoms with Crippen LogP contribution in [-0.4, -0.2) is 35.6 Å². The Bertz CT molecular complexity index is 875. The van der Waals surface area contributed by atoms with Crippen LogP contribution in [-0.2, 0) is 39.1 Å². The number of fused-ring (bicyclic) bond motifs is 1. The van der Waals surface area contributed by atoms with Crippen LogP contribution >= 0.6 is 0 Å². The number of carbonyl (C=O) groups excluding carboxylic acids is 1. The molecular weight excluding hydrogens is 344 g/mol. The van der Waals surface area contributed by atoms with Crippen LogP contribution < -0.4 is 0 Å². The zero-order chi connectivity index (χ0) is 18.0. The minimum Gasteiger partial charge on any atom is -0.456 e. The van der Waals surface area contributed by atoms with Crippen LogP contribution in [0.15, 0.2) is 34.9 Å². The lowest BCUT2D eigenvalue weighted by Crippen LogP contribution is -2.49. The van der Waals surface area contributed by atoms with Crippen LogP contribution in [0.3, 0.4) is 0 Å². The van der Waals surface area contributed by atoms with E-state index in [2.05, 4.69) is 5.16 Å². The molecule has 3 rings (SSSR count). The average Bonchev–Trinajstić information content (AvgIpc) is 3.03. The van der Waals surface area contributed by atoms with Crippen LogP contribution in [0.25, 0.3) is 0 Å². The van der Waals surface area contributed by atoms with Crippen molar-refractivity contribution in [2.75, 3.05) is 5.75 Å². The van der Waals surface area contributed by atoms with E-state index in [1.54, 1.807) is 19.9 Å². The summed E-state index contributed by atoms with van der Waals surface area (Å²) >= 11 is 0. The molecule has 0 fully saturated rings. The summed E-state index contributed by atoms with van der Waals surface area (Å²) in [4.78, 5) is 12.6. The zero-order valence-electron chi connectivity index (χ0n) is 14.1. The van der Waals surface area contributed by atoms with Crippen LogP contribution in [0.4, 0.5) is 0 Å². The van der Waals surface area contributed by atoms with Gasteiger partial charge in [-0.15, -0.1) is 0 Å². The van der Waals surface area contributed by atoms with E-state index in [1.807, 2.05) is 24.3 Å². The van der Waals surface area contributed by atoms with Gasteiger partial charge in [0.15, 0.2) is 12.4 Å². The molecule has 0 N–H and O–H groups in total. The van der Waals surface area contributed by atoms with Crippen LogP contribution in [0.5, 0.6) is 0 Å². The smallest absolute Gasteiger partial charge is 0.325 e. The van der Waals surface area contributed by atoms with Gasteiger partial charge in [-0.25, -0.2) is 8.42 Å². The number of aromatic nitrogens is 1. The molecule has 1 atom stereocenters. The second kappa shape index (κ2) is 6.97. The predicted molar refractivity (Wildman–Crippen MR) is 90.0 cm³/mol. The molecule has 0 bridgehead atoms. The molecule has 0 spiro atoms. The fourth-order valence-electron chi connectivity index (χ4n) is 2.88. The highest BCUT2D eigenvalue weighted by Crippen LogP contribution is 2.27. The third kappa shape index (κ3) is 3.74. The fourth-order valence-corrected chi connectivity index (χ4v) is 4.10. The lowest BCUT2D eigenvalue weighted by Gasteiger charge is -2.34. The molecule has 25 heavy (non-hydrogen) atoms. The Labute approximate surface area is 146 Å². The van der Waals surface area contributed by atoms with E-state index in [0.717, 1.165) is 11.1 Å². The van der Waals surface area contributed by atoms with Crippen LogP contribution in [0, 0.1) is 6.92 Å². The largest absolute Gasteiger partial charge is 0.456 e. The third-order valence-corrected chi connectivity index (χ3v) is 6.06. The van der Waals surface area contributed by atoms with E-state index < -0.39 is 22.0 Å². The van der Waals surface area contributed by atoms with Crippen molar-refractivity contribution in [3.63, 3.8) is 0 Å². The molecule has 2 heterocycles. The Kier molecular flexibility index (Phi) is 4.91. The molecule has 0 unspecified atom stereocenters. The van der Waals surface area contributed by atoms with Gasteiger partial charge in [0, 0.05) is 19.0 Å². The molecule has 1 aliphatic heterocycles. The second-order valence-corrected chi connectivity index (χ2v) is 8.19. The predicted octanol–water partition coefficient (Wildman–Crippen LogP) is 1.80. The average molecular weight is 364 g/mol. The molecule has 1 aromatic heterocycles. The topological polar surface area (TPSA) is 89.7 Å². The minimum atomic E-state index is -3.54. The maximum Gasteiger partial charge on any atom is 0.325 e. The summed E-state index contributed by atoms with van der Waals surface area (Å²) in [6.45, 7) is 3.43. The van der Waals surface area contributed by atoms with Crippen molar-refractivity contribution in [2.24, 2.45) is 0 Å². The molecule has 0 saturated heterocycles. The van der Waals surface area contributed by atoms with Crippen molar-refractivity contribution in [1.29, 1.82) is 0 Å². The van der Waals surface area contributed by atoms with Gasteiger partial charge in [-0.3, -0.25) is 4.79 Å². The van der Waals surface area contributed by atoms with Gasteiger partial charge in [0.2, 0.25) is 10.0 Å². The minimum absolute atomic E-state index is 0.0692. The molecule has 2 aromatic rings. The molecule has 0 saturated carbocycles. The molecule has 8 heteroatoms. The number of hydrogen-bond donors (Lipinski definition) is 0. The Morgan fingerprint density at radius 3 is 2.72 bits per heavy atom. The number of sulfonamides is 1. The molecule has 0 radical (unpaired) electrons. The van der Waals surface area contributed by atoms with Crippen LogP contribution in [0.2, 0.25) is 0 Å². The first-order chi connectivity index (χ1) is 11.9. The number of ether oxygens (including phenoxy) is 1. The van der Waals surface area contributed by atoms with Crippen molar-refractivity contribution < 1.29 is 22.5 Å². The van der Waals surface area contributed by atoms with E-state index in [-0.39, 0.29) is 18.9 Å². The normalized spacial score (nSPS) is 17.9. The first kappa shape index (κ1) is 17.6. The van der Waals surface area contributed by atoms with Gasteiger partial charge in [-0.2, -0.15) is 4.31 Å². The number of rotatable bonds is 5. The molecule has 7 nitrogen and oxygen atoms in total. The Balaban J connectivity index is 1.81. The maximum absolute atomic E-state index is 12.6. The van der Waals surface area contributed by atoms with E-state index >= 15 is 0 Å². The number of carbonyl (C=O) groups is 1. The number of esters is 1. The van der Waals surface area contributed by atoms with Gasteiger partial charge in [0.25, 0.3) is 0 Å². The zero-order valence-corrected chi connectivity index (χ0v) is 15.0. The van der Waals surface area contributed by atoms with Gasteiger partial charge < -0.3 is 9.26 Å². The third-order valence-electron chi connectivity index (χ3n) is 4.23. The van der Waals surface area contributed by atoms with Gasteiger partial charge in [0.1, 0.15) is 6.04 Å². The summed E-state index contributed by atoms with van der Waals surface area (Å²) in [7, 11) is -3.54. The molecule has 0 aliphatic carbocycles. The molecular formula is C17H20N2O5S. The fraction of sp³-hybridized carbons (Fsp3) is 0.412. The lowest BCUT2D eigenvalue weighted by atomic mass is 9.96. The van der Waals surface area contributed by atoms with E-state index in [0.29, 0.717) is 17.9 Å². The summed E-state index contributed by atoms with van der Waals surface area (Å²) in [6.07, 6.45) is 0.295. The van der Waals surface area contributed by atoms with Gasteiger partial charge in [-0.05, 0) is 25.0 Å². The second-order valence-electron chi connectivity index (χ2n) is 5.98. The molecule has 0 amide bonds. The standard InChI is InChI=1S/C17H20N2O5S/c1-3-25(21,22)19-10-14-7-5-4-6-13(14)9-16(19)17(20)23-11-15-8-12(2)18-24-15/h4-8,16H,3,9-11H2,1-2H3/t16-/m0/s1. The van der Waals surface area contributed by atoms with Crippen molar-refractivity contribution in [2.45, 2.75) is 39.5 Å². The van der Waals surface area contributed by atoms with Crippen molar-refractivity contribution >= 4 is 16.0 Å². The first-order valence-corrected chi connectivity index (χ1v) is 9.66. The van der Waals surface area contributed by atoms with Gasteiger partial charge in [-0.1, -0.05) is 29.4 Å². The Morgan fingerprint density at radius 2 is 2.08 bits per heavy atom. The summed E-state index contributed by atoms with van der Waals surface area (Å²) in [6, 6.07) is 8.33. The van der Waals surface area contributed by atoms with E-state index in [9.17, 15) is 13.2 Å². The SMILES string of the molecule is CCS(=O)(=O)N1Cc2ccccc2C[C@H]1C(=O)OCc1cc(C)no1. The number of aryl methyl sites for hydroxylation is 1. The summed E-state index contributed by atoms with van der Waals surface area (Å²) in [5.41, 5.74) is 2.56. The Hall–Kier alpha value is -2.19. The summed E-state index contributed by atoms with van der Waals surface area (Å²) in [5.74, 6) is -0.229. The van der Waals surface area contributed by atoms with Crippen LogP contribution in [0.1, 0.15) is 29.5 Å². The van der Waals surface area contributed by atoms with E-state index in [1.165, 1.54) is 4.31 Å². The number of nitrogens with zero attached hydrogens (tertiary/aromatic N) is 2. The maximum atomic E-state index is 12.6. The van der Waals surface area contributed by atoms with Crippen molar-refractivity contribution in [3.05, 3.63) is 52.9 Å². The monoisotopic (exact) mass is 364 g/mol. The summed E-state index contributed by atoms with van der Waals surface area (Å²) < 4.78 is 36.4.